The highest BCUT2D eigenvalue weighted by Crippen LogP contribution is 2.18. The molecule has 0 aliphatic rings. The minimum Gasteiger partial charge on any atom is -0.348 e. The Bertz CT molecular complexity index is 1020. The lowest BCUT2D eigenvalue weighted by Crippen LogP contribution is -2.34. The molecule has 30 heavy (non-hydrogen) atoms. The maximum Gasteiger partial charge on any atom is 0.239 e. The third-order valence-electron chi connectivity index (χ3n) is 5.02. The molecule has 158 valence electrons. The number of ketones is 1. The standard InChI is InChI=1S/C23H28N4O2S/c1-16-7-5-9-22(24-16)25-23(29)15-26(4)14-21(28)20-13-17(2)27(18(20)3)11-10-19-8-6-12-30-19/h5-9,12-13H,10-11,14-15H2,1-4H3,(H,24,25,29). The molecular weight excluding hydrogens is 396 g/mol. The van der Waals surface area contributed by atoms with Crippen LogP contribution in [-0.2, 0) is 17.8 Å². The first-order valence-electron chi connectivity index (χ1n) is 9.98. The maximum atomic E-state index is 12.9. The number of aromatic nitrogens is 2. The van der Waals surface area contributed by atoms with Gasteiger partial charge in [0.25, 0.3) is 0 Å². The van der Waals surface area contributed by atoms with E-state index in [4.69, 9.17) is 0 Å². The Morgan fingerprint density at radius 2 is 1.93 bits per heavy atom. The topological polar surface area (TPSA) is 67.2 Å². The van der Waals surface area contributed by atoms with Crippen LogP contribution in [0, 0.1) is 20.8 Å². The summed E-state index contributed by atoms with van der Waals surface area (Å²) in [5.41, 5.74) is 3.63. The van der Waals surface area contributed by atoms with Crippen molar-refractivity contribution < 1.29 is 9.59 Å². The van der Waals surface area contributed by atoms with Gasteiger partial charge in [-0.25, -0.2) is 4.98 Å². The predicted octanol–water partition coefficient (Wildman–Crippen LogP) is 3.87. The van der Waals surface area contributed by atoms with Crippen LogP contribution in [-0.4, -0.2) is 46.3 Å². The molecule has 0 aromatic carbocycles. The quantitative estimate of drug-likeness (QED) is 0.530. The number of nitrogens with one attached hydrogen (secondary N) is 1. The van der Waals surface area contributed by atoms with Crippen LogP contribution in [0.3, 0.4) is 0 Å². The lowest BCUT2D eigenvalue weighted by Gasteiger charge is -2.15. The smallest absolute Gasteiger partial charge is 0.239 e. The van der Waals surface area contributed by atoms with E-state index in [1.807, 2.05) is 39.0 Å². The van der Waals surface area contributed by atoms with E-state index in [0.29, 0.717) is 5.82 Å². The number of aryl methyl sites for hydroxylation is 3. The first-order valence-corrected chi connectivity index (χ1v) is 10.9. The fourth-order valence-electron chi connectivity index (χ4n) is 3.53. The summed E-state index contributed by atoms with van der Waals surface area (Å²) < 4.78 is 2.20. The van der Waals surface area contributed by atoms with Crippen LogP contribution in [0.5, 0.6) is 0 Å². The van der Waals surface area contributed by atoms with Crippen molar-refractivity contribution in [1.29, 1.82) is 0 Å². The number of amides is 1. The van der Waals surface area contributed by atoms with Gasteiger partial charge in [-0.15, -0.1) is 11.3 Å². The van der Waals surface area contributed by atoms with Crippen molar-refractivity contribution >= 4 is 28.8 Å². The van der Waals surface area contributed by atoms with E-state index >= 15 is 0 Å². The van der Waals surface area contributed by atoms with Crippen molar-refractivity contribution in [3.05, 3.63) is 69.3 Å². The zero-order chi connectivity index (χ0) is 21.7. The molecule has 0 bridgehead atoms. The number of rotatable bonds is 9. The molecule has 0 aliphatic carbocycles. The summed E-state index contributed by atoms with van der Waals surface area (Å²) in [6.45, 7) is 7.06. The Kier molecular flexibility index (Phi) is 7.18. The average molecular weight is 425 g/mol. The van der Waals surface area contributed by atoms with Gasteiger partial charge >= 0.3 is 0 Å². The summed E-state index contributed by atoms with van der Waals surface area (Å²) in [6.07, 6.45) is 0.953. The van der Waals surface area contributed by atoms with Crippen LogP contribution in [0.4, 0.5) is 5.82 Å². The van der Waals surface area contributed by atoms with Crippen LogP contribution in [0.2, 0.25) is 0 Å². The molecule has 1 amide bonds. The number of likely N-dealkylation sites (N-methyl/N-ethyl adjacent to an activating group) is 1. The number of Topliss-reactive ketones (excluding diaryl/α,β-unsaturated/α-hetero) is 1. The van der Waals surface area contributed by atoms with E-state index in [9.17, 15) is 9.59 Å². The van der Waals surface area contributed by atoms with Gasteiger partial charge in [0.2, 0.25) is 5.91 Å². The average Bonchev–Trinajstić information content (AvgIpc) is 3.28. The molecule has 0 saturated carbocycles. The van der Waals surface area contributed by atoms with Crippen molar-refractivity contribution in [2.45, 2.75) is 33.7 Å². The van der Waals surface area contributed by atoms with Crippen LogP contribution in [0.15, 0.2) is 41.8 Å². The molecule has 3 heterocycles. The van der Waals surface area contributed by atoms with Crippen LogP contribution >= 0.6 is 11.3 Å². The molecule has 3 aromatic heterocycles. The summed E-state index contributed by atoms with van der Waals surface area (Å²) in [5.74, 6) is 0.355. The molecule has 0 aliphatic heterocycles. The normalized spacial score (nSPS) is 11.1. The van der Waals surface area contributed by atoms with E-state index in [2.05, 4.69) is 32.4 Å². The number of hydrogen-bond acceptors (Lipinski definition) is 5. The maximum absolute atomic E-state index is 12.9. The summed E-state index contributed by atoms with van der Waals surface area (Å²) >= 11 is 1.75. The molecule has 0 unspecified atom stereocenters. The number of carbonyl (C=O) groups excluding carboxylic acids is 2. The van der Waals surface area contributed by atoms with Crippen LogP contribution in [0.1, 0.15) is 32.3 Å². The zero-order valence-electron chi connectivity index (χ0n) is 17.9. The fourth-order valence-corrected chi connectivity index (χ4v) is 4.23. The lowest BCUT2D eigenvalue weighted by atomic mass is 10.1. The van der Waals surface area contributed by atoms with Crippen molar-refractivity contribution in [1.82, 2.24) is 14.5 Å². The first-order chi connectivity index (χ1) is 14.3. The summed E-state index contributed by atoms with van der Waals surface area (Å²) in [7, 11) is 1.77. The molecule has 1 N–H and O–H groups in total. The minimum atomic E-state index is -0.190. The third kappa shape index (κ3) is 5.64. The molecule has 0 radical (unpaired) electrons. The number of hydrogen-bond donors (Lipinski definition) is 1. The molecule has 3 rings (SSSR count). The van der Waals surface area contributed by atoms with Crippen molar-refractivity contribution in [2.75, 3.05) is 25.5 Å². The molecule has 0 spiro atoms. The number of carbonyl (C=O) groups is 2. The summed E-state index contributed by atoms with van der Waals surface area (Å²) in [5, 5.41) is 4.86. The fraction of sp³-hybridized carbons (Fsp3) is 0.348. The van der Waals surface area contributed by atoms with E-state index in [0.717, 1.165) is 35.6 Å². The van der Waals surface area contributed by atoms with Gasteiger partial charge < -0.3 is 9.88 Å². The van der Waals surface area contributed by atoms with Crippen LogP contribution < -0.4 is 5.32 Å². The van der Waals surface area contributed by atoms with Gasteiger partial charge in [0, 0.05) is 34.1 Å². The second-order valence-electron chi connectivity index (χ2n) is 7.57. The van der Waals surface area contributed by atoms with E-state index in [1.54, 1.807) is 29.4 Å². The highest BCUT2D eigenvalue weighted by atomic mass is 32.1. The zero-order valence-corrected chi connectivity index (χ0v) is 18.8. The van der Waals surface area contributed by atoms with E-state index in [-0.39, 0.29) is 24.8 Å². The Hall–Kier alpha value is -2.77. The Balaban J connectivity index is 1.57. The molecular formula is C23H28N4O2S. The van der Waals surface area contributed by atoms with Crippen molar-refractivity contribution in [3.63, 3.8) is 0 Å². The van der Waals surface area contributed by atoms with Gasteiger partial charge in [-0.2, -0.15) is 0 Å². The first kappa shape index (κ1) is 21.9. The van der Waals surface area contributed by atoms with E-state index in [1.165, 1.54) is 4.88 Å². The van der Waals surface area contributed by atoms with Gasteiger partial charge in [0.05, 0.1) is 13.1 Å². The molecule has 3 aromatic rings. The number of nitrogens with zero attached hydrogens (tertiary/aromatic N) is 3. The molecule has 6 nitrogen and oxygen atoms in total. The highest BCUT2D eigenvalue weighted by molar-refractivity contribution is 7.09. The lowest BCUT2D eigenvalue weighted by molar-refractivity contribution is -0.116. The Labute approximate surface area is 181 Å². The highest BCUT2D eigenvalue weighted by Gasteiger charge is 2.18. The van der Waals surface area contributed by atoms with Gasteiger partial charge in [-0.3, -0.25) is 14.5 Å². The SMILES string of the molecule is Cc1cccc(NC(=O)CN(C)CC(=O)c2cc(C)n(CCc3cccs3)c2C)n1. The van der Waals surface area contributed by atoms with Gasteiger partial charge in [-0.05, 0) is 63.9 Å². The van der Waals surface area contributed by atoms with Crippen molar-refractivity contribution in [3.8, 4) is 0 Å². The number of thiophene rings is 1. The van der Waals surface area contributed by atoms with Crippen molar-refractivity contribution in [2.24, 2.45) is 0 Å². The van der Waals surface area contributed by atoms with Crippen LogP contribution in [0.25, 0.3) is 0 Å². The van der Waals surface area contributed by atoms with Gasteiger partial charge in [-0.1, -0.05) is 12.1 Å². The molecule has 7 heteroatoms. The van der Waals surface area contributed by atoms with Gasteiger partial charge in [0.15, 0.2) is 5.78 Å². The minimum absolute atomic E-state index is 0.0226. The number of anilines is 1. The Morgan fingerprint density at radius 3 is 2.63 bits per heavy atom. The Morgan fingerprint density at radius 1 is 1.13 bits per heavy atom. The third-order valence-corrected chi connectivity index (χ3v) is 5.95. The molecule has 0 fully saturated rings. The molecule has 0 saturated heterocycles. The van der Waals surface area contributed by atoms with Gasteiger partial charge in [0.1, 0.15) is 5.82 Å². The monoisotopic (exact) mass is 424 g/mol. The largest absolute Gasteiger partial charge is 0.348 e. The summed E-state index contributed by atoms with van der Waals surface area (Å²) in [4.78, 5) is 32.5. The summed E-state index contributed by atoms with van der Waals surface area (Å²) in [6, 6.07) is 11.6. The predicted molar refractivity (Wildman–Crippen MR) is 121 cm³/mol. The molecule has 0 atom stereocenters. The number of pyridine rings is 1. The van der Waals surface area contributed by atoms with E-state index < -0.39 is 0 Å². The second kappa shape index (κ2) is 9.82. The second-order valence-corrected chi connectivity index (χ2v) is 8.61.